The van der Waals surface area contributed by atoms with Crippen molar-refractivity contribution in [3.05, 3.63) is 79.5 Å². The van der Waals surface area contributed by atoms with Gasteiger partial charge in [-0.2, -0.15) is 13.2 Å². The van der Waals surface area contributed by atoms with Gasteiger partial charge in [0.2, 0.25) is 5.91 Å². The molecule has 13 heteroatoms. The van der Waals surface area contributed by atoms with Gasteiger partial charge in [0.15, 0.2) is 5.82 Å². The van der Waals surface area contributed by atoms with Crippen LogP contribution in [-0.2, 0) is 42.1 Å². The van der Waals surface area contributed by atoms with E-state index >= 15 is 0 Å². The van der Waals surface area contributed by atoms with E-state index in [1.807, 2.05) is 0 Å². The lowest BCUT2D eigenvalue weighted by Gasteiger charge is -2.38. The van der Waals surface area contributed by atoms with Crippen LogP contribution in [0.3, 0.4) is 0 Å². The van der Waals surface area contributed by atoms with Gasteiger partial charge in [0, 0.05) is 41.3 Å². The van der Waals surface area contributed by atoms with Gasteiger partial charge in [0.25, 0.3) is 5.56 Å². The summed E-state index contributed by atoms with van der Waals surface area (Å²) in [7, 11) is 0. The smallest absolute Gasteiger partial charge is 0.475 e. The molecule has 0 radical (unpaired) electrons. The Balaban J connectivity index is 0.000000493. The minimum atomic E-state index is -5.08. The van der Waals surface area contributed by atoms with Crippen molar-refractivity contribution in [2.24, 2.45) is 5.41 Å². The molecule has 2 aromatic heterocycles. The molecule has 6 rings (SSSR count). The molecular weight excluding hydrogens is 595 g/mol. The third-order valence-corrected chi connectivity index (χ3v) is 9.73. The number of rotatable bonds is 8. The van der Waals surface area contributed by atoms with Gasteiger partial charge in [0.05, 0.1) is 6.54 Å². The van der Waals surface area contributed by atoms with Gasteiger partial charge >= 0.3 is 12.1 Å². The minimum absolute atomic E-state index is 0.0856. The van der Waals surface area contributed by atoms with Crippen molar-refractivity contribution in [2.45, 2.75) is 83.2 Å². The highest BCUT2D eigenvalue weighted by Crippen LogP contribution is 2.39. The molecule has 44 heavy (non-hydrogen) atoms. The summed E-state index contributed by atoms with van der Waals surface area (Å²) in [5.41, 5.74) is 3.45. The number of carboxylic acid groups (broad SMARTS) is 1. The number of thiophene rings is 1. The molecule has 1 atom stereocenters. The van der Waals surface area contributed by atoms with Crippen LogP contribution in [0.15, 0.2) is 47.4 Å². The number of anilines is 1. The number of hydrogen-bond acceptors (Lipinski definition) is 7. The van der Waals surface area contributed by atoms with Crippen molar-refractivity contribution in [2.75, 3.05) is 11.9 Å². The lowest BCUT2D eigenvalue weighted by Crippen LogP contribution is -2.38. The van der Waals surface area contributed by atoms with E-state index in [0.717, 1.165) is 44.6 Å². The van der Waals surface area contributed by atoms with Gasteiger partial charge in [-0.25, -0.2) is 9.78 Å². The van der Waals surface area contributed by atoms with Crippen LogP contribution in [0.2, 0.25) is 0 Å². The Morgan fingerprint density at radius 1 is 1.14 bits per heavy atom. The first-order chi connectivity index (χ1) is 21.0. The van der Waals surface area contributed by atoms with E-state index < -0.39 is 18.2 Å². The topological polar surface area (TPSA) is 125 Å². The maximum Gasteiger partial charge on any atom is 0.490 e. The molecule has 4 N–H and O–H groups in total. The normalized spacial score (nSPS) is 18.5. The third-order valence-electron chi connectivity index (χ3n) is 8.56. The zero-order valence-electron chi connectivity index (χ0n) is 24.2. The first kappa shape index (κ1) is 31.7. The highest BCUT2D eigenvalue weighted by atomic mass is 32.1. The average Bonchev–Trinajstić information content (AvgIpc) is 3.72. The summed E-state index contributed by atoms with van der Waals surface area (Å²) in [4.78, 5) is 42.6. The van der Waals surface area contributed by atoms with Gasteiger partial charge in [-0.05, 0) is 54.7 Å². The Kier molecular flexibility index (Phi) is 9.74. The van der Waals surface area contributed by atoms with Crippen LogP contribution in [0.4, 0.5) is 19.0 Å². The van der Waals surface area contributed by atoms with Crippen molar-refractivity contribution in [1.82, 2.24) is 20.2 Å². The lowest BCUT2D eigenvalue weighted by atomic mass is 9.70. The van der Waals surface area contributed by atoms with Crippen LogP contribution in [0.25, 0.3) is 0 Å². The standard InChI is InChI=1S/C29H35N5O2S.C2HF3O2/c35-27(32-17-23-13-21-15-30-18-25(21)37-23)24-10-9-22-16-31-26(28(36)34(22)24)33-19-29(11-5-2-6-12-29)14-20-7-3-1-4-8-20;3-2(4,5)1(6)7/h1,3-4,7-8,13,16,24,30H,2,5-6,9-12,14-15,17-19H2,(H,31,33)(H,32,35);(H,6,7)/t24-;/m0./s1. The van der Waals surface area contributed by atoms with Crippen LogP contribution in [-0.4, -0.2) is 39.3 Å². The molecule has 0 spiro atoms. The number of benzene rings is 1. The monoisotopic (exact) mass is 631 g/mol. The molecule has 1 aromatic carbocycles. The number of fused-ring (bicyclic) bond motifs is 2. The van der Waals surface area contributed by atoms with Crippen LogP contribution >= 0.6 is 11.3 Å². The van der Waals surface area contributed by atoms with E-state index in [9.17, 15) is 22.8 Å². The second-order valence-corrected chi connectivity index (χ2v) is 12.9. The van der Waals surface area contributed by atoms with E-state index in [-0.39, 0.29) is 16.9 Å². The zero-order valence-corrected chi connectivity index (χ0v) is 25.0. The first-order valence-electron chi connectivity index (χ1n) is 14.8. The number of nitrogens with one attached hydrogen (secondary N) is 3. The molecule has 9 nitrogen and oxygen atoms in total. The zero-order chi connectivity index (χ0) is 31.3. The predicted molar refractivity (Wildman–Crippen MR) is 160 cm³/mol. The van der Waals surface area contributed by atoms with Crippen molar-refractivity contribution in [1.29, 1.82) is 0 Å². The fraction of sp³-hybridized carbons (Fsp3) is 0.484. The van der Waals surface area contributed by atoms with E-state index in [1.165, 1.54) is 40.1 Å². The summed E-state index contributed by atoms with van der Waals surface area (Å²) in [6, 6.07) is 12.3. The number of hydrogen-bond donors (Lipinski definition) is 4. The summed E-state index contributed by atoms with van der Waals surface area (Å²) in [5.74, 6) is -2.48. The summed E-state index contributed by atoms with van der Waals surface area (Å²) in [6.45, 7) is 3.04. The minimum Gasteiger partial charge on any atom is -0.475 e. The van der Waals surface area contributed by atoms with Crippen LogP contribution in [0, 0.1) is 5.41 Å². The maximum atomic E-state index is 13.5. The second kappa shape index (κ2) is 13.5. The summed E-state index contributed by atoms with van der Waals surface area (Å²) >= 11 is 1.75. The van der Waals surface area contributed by atoms with Crippen molar-refractivity contribution < 1.29 is 27.9 Å². The number of carbonyl (C=O) groups excluding carboxylic acids is 1. The SMILES string of the molecule is O=C(NCc1cc2c(s1)CNC2)[C@@H]1CCc2cnc(NCC3(Cc4ccccc4)CCCCC3)c(=O)n21.O=C(O)C(F)(F)F. The molecule has 236 valence electrons. The number of amides is 1. The molecule has 1 amide bonds. The van der Waals surface area contributed by atoms with E-state index in [0.29, 0.717) is 25.2 Å². The molecule has 1 fully saturated rings. The number of alkyl halides is 3. The van der Waals surface area contributed by atoms with E-state index in [1.54, 1.807) is 22.1 Å². The van der Waals surface area contributed by atoms with Crippen LogP contribution < -0.4 is 21.5 Å². The average molecular weight is 632 g/mol. The number of carboxylic acids is 1. The number of halogens is 3. The molecule has 2 aliphatic heterocycles. The molecule has 3 aromatic rings. The second-order valence-electron chi connectivity index (χ2n) is 11.7. The Morgan fingerprint density at radius 3 is 2.55 bits per heavy atom. The first-order valence-corrected chi connectivity index (χ1v) is 15.6. The van der Waals surface area contributed by atoms with Crippen molar-refractivity contribution in [3.63, 3.8) is 0 Å². The van der Waals surface area contributed by atoms with Crippen LogP contribution in [0.1, 0.15) is 71.1 Å². The Morgan fingerprint density at radius 2 is 1.86 bits per heavy atom. The number of aliphatic carboxylic acids is 1. The largest absolute Gasteiger partial charge is 0.490 e. The van der Waals surface area contributed by atoms with Crippen LogP contribution in [0.5, 0.6) is 0 Å². The molecule has 0 bridgehead atoms. The molecule has 0 saturated heterocycles. The van der Waals surface area contributed by atoms with Crippen molar-refractivity contribution >= 4 is 29.0 Å². The summed E-state index contributed by atoms with van der Waals surface area (Å²) in [5, 5.41) is 17.0. The fourth-order valence-corrected chi connectivity index (χ4v) is 7.44. The highest BCUT2D eigenvalue weighted by Gasteiger charge is 2.38. The predicted octanol–water partition coefficient (Wildman–Crippen LogP) is 4.95. The number of carbonyl (C=O) groups is 2. The van der Waals surface area contributed by atoms with Gasteiger partial charge < -0.3 is 21.1 Å². The Hall–Kier alpha value is -3.71. The molecule has 0 unspecified atom stereocenters. The van der Waals surface area contributed by atoms with E-state index in [4.69, 9.17) is 9.90 Å². The Labute approximate surface area is 256 Å². The molecule has 4 heterocycles. The van der Waals surface area contributed by atoms with Gasteiger partial charge in [-0.15, -0.1) is 11.3 Å². The number of nitrogens with zero attached hydrogens (tertiary/aromatic N) is 2. The van der Waals surface area contributed by atoms with Gasteiger partial charge in [-0.1, -0.05) is 49.6 Å². The maximum absolute atomic E-state index is 13.5. The lowest BCUT2D eigenvalue weighted by molar-refractivity contribution is -0.192. The van der Waals surface area contributed by atoms with Crippen molar-refractivity contribution in [3.8, 4) is 0 Å². The molecular formula is C31H36F3N5O4S. The highest BCUT2D eigenvalue weighted by molar-refractivity contribution is 7.12. The molecule has 3 aliphatic rings. The molecule has 1 aliphatic carbocycles. The quantitative estimate of drug-likeness (QED) is 0.277. The molecule has 1 saturated carbocycles. The number of aromatic nitrogens is 2. The van der Waals surface area contributed by atoms with Gasteiger partial charge in [-0.3, -0.25) is 14.2 Å². The van der Waals surface area contributed by atoms with Gasteiger partial charge in [0.1, 0.15) is 6.04 Å². The fourth-order valence-electron chi connectivity index (χ4n) is 6.35. The number of aryl methyl sites for hydroxylation is 1. The van der Waals surface area contributed by atoms with E-state index in [2.05, 4.69) is 57.3 Å². The Bertz CT molecular complexity index is 1510. The third kappa shape index (κ3) is 7.49. The summed E-state index contributed by atoms with van der Waals surface area (Å²) in [6.07, 6.45) is 5.03. The summed E-state index contributed by atoms with van der Waals surface area (Å²) < 4.78 is 33.4.